The van der Waals surface area contributed by atoms with Crippen LogP contribution in [-0.4, -0.2) is 52.1 Å². The number of fused-ring (bicyclic) bond motifs is 2. The van der Waals surface area contributed by atoms with Gasteiger partial charge in [-0.05, 0) is 11.6 Å². The van der Waals surface area contributed by atoms with E-state index in [4.69, 9.17) is 9.72 Å². The van der Waals surface area contributed by atoms with Gasteiger partial charge in [0.15, 0.2) is 0 Å². The van der Waals surface area contributed by atoms with Crippen LogP contribution >= 0.6 is 0 Å². The molecule has 2 aliphatic rings. The Kier molecular flexibility index (Phi) is 4.01. The van der Waals surface area contributed by atoms with Gasteiger partial charge < -0.3 is 19.5 Å². The molecular weight excluding hydrogens is 342 g/mol. The van der Waals surface area contributed by atoms with Crippen LogP contribution in [0.4, 0.5) is 5.95 Å². The first kappa shape index (κ1) is 16.3. The summed E-state index contributed by atoms with van der Waals surface area (Å²) in [6.45, 7) is 4.16. The van der Waals surface area contributed by atoms with Crippen molar-refractivity contribution in [3.63, 3.8) is 0 Å². The second-order valence-electron chi connectivity index (χ2n) is 7.03. The molecule has 0 saturated carbocycles. The van der Waals surface area contributed by atoms with Crippen LogP contribution in [0, 0.1) is 0 Å². The van der Waals surface area contributed by atoms with Crippen LogP contribution in [0.15, 0.2) is 36.7 Å². The number of ether oxygens (including phenoxy) is 1. The number of benzene rings is 1. The van der Waals surface area contributed by atoms with Crippen molar-refractivity contribution in [2.45, 2.75) is 19.5 Å². The summed E-state index contributed by atoms with van der Waals surface area (Å²) in [5.41, 5.74) is 4.09. The van der Waals surface area contributed by atoms with Crippen molar-refractivity contribution >= 4 is 22.8 Å². The number of H-pyrrole nitrogens is 1. The van der Waals surface area contributed by atoms with E-state index < -0.39 is 0 Å². The molecule has 138 valence electrons. The number of amides is 1. The summed E-state index contributed by atoms with van der Waals surface area (Å²) >= 11 is 0. The zero-order valence-corrected chi connectivity index (χ0v) is 15.0. The van der Waals surface area contributed by atoms with Crippen LogP contribution in [-0.2, 0) is 29.0 Å². The molecule has 3 aromatic rings. The third kappa shape index (κ3) is 3.04. The highest BCUT2D eigenvalue weighted by molar-refractivity contribution is 5.89. The molecule has 0 aliphatic carbocycles. The molecule has 7 nitrogen and oxygen atoms in total. The second kappa shape index (κ2) is 6.66. The van der Waals surface area contributed by atoms with E-state index in [0.29, 0.717) is 32.7 Å². The fraction of sp³-hybridized carbons (Fsp3) is 0.350. The highest BCUT2D eigenvalue weighted by Crippen LogP contribution is 2.25. The number of nitrogens with zero attached hydrogens (tertiary/aromatic N) is 4. The molecule has 0 bridgehead atoms. The monoisotopic (exact) mass is 363 g/mol. The molecule has 0 atom stereocenters. The zero-order valence-electron chi connectivity index (χ0n) is 15.0. The number of anilines is 1. The Morgan fingerprint density at radius 1 is 1.19 bits per heavy atom. The van der Waals surface area contributed by atoms with Gasteiger partial charge in [-0.3, -0.25) is 4.79 Å². The maximum atomic E-state index is 12.8. The molecule has 2 aromatic heterocycles. The minimum atomic E-state index is 0.116. The number of para-hydroxylation sites is 1. The van der Waals surface area contributed by atoms with Gasteiger partial charge >= 0.3 is 0 Å². The number of aromatic nitrogens is 3. The molecule has 0 radical (unpaired) electrons. The normalized spacial score (nSPS) is 16.7. The SMILES string of the molecule is O=C(Cc1c[nH]c2ccccc12)N1Cc2cnc(N3CCOCC3)nc2C1. The lowest BCUT2D eigenvalue weighted by Gasteiger charge is -2.26. The first-order valence-corrected chi connectivity index (χ1v) is 9.28. The summed E-state index contributed by atoms with van der Waals surface area (Å²) in [4.78, 5) is 29.3. The van der Waals surface area contributed by atoms with Crippen molar-refractivity contribution in [3.8, 4) is 0 Å². The summed E-state index contributed by atoms with van der Waals surface area (Å²) in [7, 11) is 0. The van der Waals surface area contributed by atoms with E-state index in [9.17, 15) is 4.79 Å². The number of aromatic amines is 1. The molecule has 1 fully saturated rings. The summed E-state index contributed by atoms with van der Waals surface area (Å²) in [5, 5.41) is 1.11. The Morgan fingerprint density at radius 2 is 2.04 bits per heavy atom. The Hall–Kier alpha value is -2.93. The molecule has 0 unspecified atom stereocenters. The van der Waals surface area contributed by atoms with Gasteiger partial charge in [0.05, 0.1) is 31.9 Å². The molecule has 2 aliphatic heterocycles. The number of hydrogen-bond donors (Lipinski definition) is 1. The van der Waals surface area contributed by atoms with Crippen molar-refractivity contribution in [2.24, 2.45) is 0 Å². The zero-order chi connectivity index (χ0) is 18.2. The Morgan fingerprint density at radius 3 is 2.93 bits per heavy atom. The molecule has 27 heavy (non-hydrogen) atoms. The molecule has 4 heterocycles. The number of hydrogen-bond acceptors (Lipinski definition) is 5. The molecule has 1 amide bonds. The van der Waals surface area contributed by atoms with E-state index >= 15 is 0 Å². The minimum Gasteiger partial charge on any atom is -0.378 e. The Bertz CT molecular complexity index is 993. The third-order valence-electron chi connectivity index (χ3n) is 5.31. The lowest BCUT2D eigenvalue weighted by atomic mass is 10.1. The summed E-state index contributed by atoms with van der Waals surface area (Å²) in [6.07, 6.45) is 4.19. The molecule has 1 aromatic carbocycles. The molecule has 1 saturated heterocycles. The number of rotatable bonds is 3. The maximum absolute atomic E-state index is 12.8. The summed E-state index contributed by atoms with van der Waals surface area (Å²) in [5.74, 6) is 0.855. The predicted octanol–water partition coefficient (Wildman–Crippen LogP) is 1.88. The second-order valence-corrected chi connectivity index (χ2v) is 7.03. The van der Waals surface area contributed by atoms with E-state index in [2.05, 4.69) is 14.9 Å². The van der Waals surface area contributed by atoms with E-state index in [1.807, 2.05) is 41.6 Å². The fourth-order valence-electron chi connectivity index (χ4n) is 3.79. The van der Waals surface area contributed by atoms with Gasteiger partial charge in [0.2, 0.25) is 11.9 Å². The van der Waals surface area contributed by atoms with Crippen molar-refractivity contribution in [1.82, 2.24) is 19.9 Å². The van der Waals surface area contributed by atoms with Crippen molar-refractivity contribution in [1.29, 1.82) is 0 Å². The quantitative estimate of drug-likeness (QED) is 0.769. The average Bonchev–Trinajstić information content (AvgIpc) is 3.32. The van der Waals surface area contributed by atoms with Crippen LogP contribution in [0.25, 0.3) is 10.9 Å². The lowest BCUT2D eigenvalue weighted by molar-refractivity contribution is -0.131. The first-order valence-electron chi connectivity index (χ1n) is 9.28. The highest BCUT2D eigenvalue weighted by atomic mass is 16.5. The average molecular weight is 363 g/mol. The van der Waals surface area contributed by atoms with Gasteiger partial charge in [-0.1, -0.05) is 18.2 Å². The summed E-state index contributed by atoms with van der Waals surface area (Å²) in [6, 6.07) is 8.07. The number of morpholine rings is 1. The van der Waals surface area contributed by atoms with Crippen LogP contribution in [0.2, 0.25) is 0 Å². The van der Waals surface area contributed by atoms with E-state index in [-0.39, 0.29) is 5.91 Å². The molecule has 1 N–H and O–H groups in total. The van der Waals surface area contributed by atoms with Gasteiger partial charge in [-0.15, -0.1) is 0 Å². The van der Waals surface area contributed by atoms with Crippen LogP contribution in [0.3, 0.4) is 0 Å². The van der Waals surface area contributed by atoms with Gasteiger partial charge in [0.1, 0.15) is 0 Å². The molecule has 7 heteroatoms. The Labute approximate surface area is 157 Å². The predicted molar refractivity (Wildman–Crippen MR) is 101 cm³/mol. The molecule has 5 rings (SSSR count). The van der Waals surface area contributed by atoms with E-state index in [0.717, 1.165) is 46.8 Å². The number of nitrogens with one attached hydrogen (secondary N) is 1. The number of carbonyl (C=O) groups is 1. The summed E-state index contributed by atoms with van der Waals surface area (Å²) < 4.78 is 5.39. The van der Waals surface area contributed by atoms with E-state index in [1.54, 1.807) is 0 Å². The molecular formula is C20H21N5O2. The number of carbonyl (C=O) groups excluding carboxylic acids is 1. The van der Waals surface area contributed by atoms with Crippen molar-refractivity contribution in [3.05, 3.63) is 53.5 Å². The van der Waals surface area contributed by atoms with Crippen LogP contribution in [0.5, 0.6) is 0 Å². The van der Waals surface area contributed by atoms with E-state index in [1.165, 1.54) is 0 Å². The third-order valence-corrected chi connectivity index (χ3v) is 5.31. The minimum absolute atomic E-state index is 0.116. The largest absolute Gasteiger partial charge is 0.378 e. The highest BCUT2D eigenvalue weighted by Gasteiger charge is 2.27. The van der Waals surface area contributed by atoms with Crippen molar-refractivity contribution in [2.75, 3.05) is 31.2 Å². The standard InChI is InChI=1S/C20H21N5O2/c26-19(9-14-10-21-17-4-2-1-3-16(14)17)25-12-15-11-22-20(23-18(15)13-25)24-5-7-27-8-6-24/h1-4,10-11,21H,5-9,12-13H2. The lowest BCUT2D eigenvalue weighted by Crippen LogP contribution is -2.37. The van der Waals surface area contributed by atoms with Crippen LogP contribution in [0.1, 0.15) is 16.8 Å². The van der Waals surface area contributed by atoms with Gasteiger partial charge in [-0.2, -0.15) is 0 Å². The molecule has 0 spiro atoms. The van der Waals surface area contributed by atoms with Gasteiger partial charge in [-0.25, -0.2) is 9.97 Å². The smallest absolute Gasteiger partial charge is 0.227 e. The first-order chi connectivity index (χ1) is 13.3. The Balaban J connectivity index is 1.31. The maximum Gasteiger partial charge on any atom is 0.227 e. The van der Waals surface area contributed by atoms with Gasteiger partial charge in [0.25, 0.3) is 0 Å². The fourth-order valence-corrected chi connectivity index (χ4v) is 3.79. The van der Waals surface area contributed by atoms with Crippen molar-refractivity contribution < 1.29 is 9.53 Å². The topological polar surface area (TPSA) is 74.4 Å². The van der Waals surface area contributed by atoms with Gasteiger partial charge in [0, 0.05) is 48.5 Å². The van der Waals surface area contributed by atoms with Crippen LogP contribution < -0.4 is 4.90 Å².